The van der Waals surface area contributed by atoms with Crippen LogP contribution in [0, 0.1) is 12.3 Å². The summed E-state index contributed by atoms with van der Waals surface area (Å²) in [6, 6.07) is 12.3. The van der Waals surface area contributed by atoms with E-state index >= 15 is 0 Å². The van der Waals surface area contributed by atoms with Gasteiger partial charge >= 0.3 is 0 Å². The largest absolute Gasteiger partial charge is 0.394 e. The summed E-state index contributed by atoms with van der Waals surface area (Å²) in [5.74, 6) is -1.00. The van der Waals surface area contributed by atoms with Gasteiger partial charge in [0.25, 0.3) is 11.8 Å². The van der Waals surface area contributed by atoms with Gasteiger partial charge in [-0.3, -0.25) is 14.8 Å². The number of benzene rings is 2. The van der Waals surface area contributed by atoms with Gasteiger partial charge in [-0.05, 0) is 61.1 Å². The maximum absolute atomic E-state index is 12.6. The fraction of sp³-hybridized carbons (Fsp3) is 0.227. The molecule has 3 rings (SSSR count). The van der Waals surface area contributed by atoms with Crippen LogP contribution in [0.15, 0.2) is 54.2 Å². The Morgan fingerprint density at radius 1 is 1.17 bits per heavy atom. The zero-order chi connectivity index (χ0) is 21.0. The zero-order valence-corrected chi connectivity index (χ0v) is 16.2. The van der Waals surface area contributed by atoms with E-state index in [0.717, 1.165) is 36.0 Å². The summed E-state index contributed by atoms with van der Waals surface area (Å²) in [6.45, 7) is 1.96. The number of fused-ring (bicyclic) bond motifs is 1. The van der Waals surface area contributed by atoms with Crippen LogP contribution in [0.5, 0.6) is 0 Å². The number of allylic oxidation sites excluding steroid dienone is 1. The van der Waals surface area contributed by atoms with Crippen LogP contribution < -0.4 is 16.5 Å². The van der Waals surface area contributed by atoms with Crippen LogP contribution in [0.2, 0.25) is 0 Å². The Balaban J connectivity index is 1.73. The van der Waals surface area contributed by atoms with Crippen molar-refractivity contribution < 1.29 is 14.8 Å². The Hall–Kier alpha value is -3.45. The first kappa shape index (κ1) is 20.3. The quantitative estimate of drug-likeness (QED) is 0.232. The first-order chi connectivity index (χ1) is 13.9. The molecule has 0 saturated heterocycles. The zero-order valence-electron chi connectivity index (χ0n) is 16.2. The van der Waals surface area contributed by atoms with E-state index in [9.17, 15) is 9.59 Å². The van der Waals surface area contributed by atoms with Crippen LogP contribution >= 0.6 is 0 Å². The normalized spacial score (nSPS) is 15.9. The van der Waals surface area contributed by atoms with Crippen LogP contribution in [-0.4, -0.2) is 22.7 Å². The SMILES string of the molecule is Cc1ccc(C(=N)/C=C(\N)C(=O)NC2CCCc3cc(C(=O)NO)ccc32)cc1. The summed E-state index contributed by atoms with van der Waals surface area (Å²) in [6.07, 6.45) is 3.76. The lowest BCUT2D eigenvalue weighted by atomic mass is 9.86. The molecule has 1 aliphatic rings. The highest BCUT2D eigenvalue weighted by molar-refractivity contribution is 6.10. The number of nitrogens with two attached hydrogens (primary N) is 1. The summed E-state index contributed by atoms with van der Waals surface area (Å²) in [7, 11) is 0. The molecule has 29 heavy (non-hydrogen) atoms. The molecule has 0 fully saturated rings. The number of hydrogen-bond donors (Lipinski definition) is 5. The molecule has 0 saturated carbocycles. The molecule has 0 bridgehead atoms. The van der Waals surface area contributed by atoms with E-state index in [1.54, 1.807) is 23.7 Å². The predicted octanol–water partition coefficient (Wildman–Crippen LogP) is 2.52. The van der Waals surface area contributed by atoms with Crippen molar-refractivity contribution >= 4 is 17.5 Å². The van der Waals surface area contributed by atoms with E-state index in [1.165, 1.54) is 6.08 Å². The van der Waals surface area contributed by atoms with Gasteiger partial charge in [0.15, 0.2) is 0 Å². The second-order valence-corrected chi connectivity index (χ2v) is 7.15. The molecule has 7 heteroatoms. The van der Waals surface area contributed by atoms with Crippen molar-refractivity contribution in [1.29, 1.82) is 5.41 Å². The first-order valence-corrected chi connectivity index (χ1v) is 9.40. The molecule has 6 N–H and O–H groups in total. The van der Waals surface area contributed by atoms with E-state index in [0.29, 0.717) is 11.1 Å². The number of hydrogen-bond acceptors (Lipinski definition) is 5. The fourth-order valence-corrected chi connectivity index (χ4v) is 3.45. The highest BCUT2D eigenvalue weighted by Gasteiger charge is 2.23. The first-order valence-electron chi connectivity index (χ1n) is 9.40. The van der Waals surface area contributed by atoms with Gasteiger partial charge in [-0.15, -0.1) is 0 Å². The average Bonchev–Trinajstić information content (AvgIpc) is 2.73. The van der Waals surface area contributed by atoms with E-state index in [4.69, 9.17) is 16.4 Å². The van der Waals surface area contributed by atoms with Crippen LogP contribution in [0.1, 0.15) is 51.5 Å². The van der Waals surface area contributed by atoms with E-state index in [1.807, 2.05) is 31.2 Å². The molecule has 1 unspecified atom stereocenters. The van der Waals surface area contributed by atoms with Crippen LogP contribution in [0.3, 0.4) is 0 Å². The minimum atomic E-state index is -0.569. The summed E-state index contributed by atoms with van der Waals surface area (Å²) < 4.78 is 0. The van der Waals surface area contributed by atoms with Crippen molar-refractivity contribution in [2.24, 2.45) is 5.73 Å². The number of hydroxylamine groups is 1. The second kappa shape index (κ2) is 8.70. The molecule has 0 heterocycles. The molecular formula is C22H24N4O3. The number of carbonyl (C=O) groups excluding carboxylic acids is 2. The molecule has 1 aliphatic carbocycles. The lowest BCUT2D eigenvalue weighted by molar-refractivity contribution is -0.118. The van der Waals surface area contributed by atoms with Crippen molar-refractivity contribution in [2.45, 2.75) is 32.2 Å². The molecule has 7 nitrogen and oxygen atoms in total. The Morgan fingerprint density at radius 3 is 2.55 bits per heavy atom. The number of aryl methyl sites for hydroxylation is 2. The third-order valence-corrected chi connectivity index (χ3v) is 5.05. The van der Waals surface area contributed by atoms with Crippen molar-refractivity contribution in [3.05, 3.63) is 82.1 Å². The average molecular weight is 392 g/mol. The Bertz CT molecular complexity index is 980. The van der Waals surface area contributed by atoms with Gasteiger partial charge in [0.1, 0.15) is 0 Å². The molecule has 0 spiro atoms. The smallest absolute Gasteiger partial charge is 0.274 e. The van der Waals surface area contributed by atoms with E-state index in [2.05, 4.69) is 5.32 Å². The van der Waals surface area contributed by atoms with Crippen LogP contribution in [-0.2, 0) is 11.2 Å². The maximum Gasteiger partial charge on any atom is 0.274 e. The van der Waals surface area contributed by atoms with E-state index < -0.39 is 11.8 Å². The van der Waals surface area contributed by atoms with Gasteiger partial charge in [-0.2, -0.15) is 0 Å². The summed E-state index contributed by atoms with van der Waals surface area (Å²) >= 11 is 0. The molecule has 150 valence electrons. The van der Waals surface area contributed by atoms with Crippen LogP contribution in [0.25, 0.3) is 0 Å². The van der Waals surface area contributed by atoms with Gasteiger partial charge in [0.2, 0.25) is 0 Å². The molecule has 1 atom stereocenters. The van der Waals surface area contributed by atoms with Crippen molar-refractivity contribution in [3.63, 3.8) is 0 Å². The third-order valence-electron chi connectivity index (χ3n) is 5.05. The molecule has 0 aromatic heterocycles. The van der Waals surface area contributed by atoms with Gasteiger partial charge in [-0.25, -0.2) is 5.48 Å². The van der Waals surface area contributed by atoms with Crippen molar-refractivity contribution in [2.75, 3.05) is 0 Å². The standard InChI is InChI=1S/C22H24N4O3/c1-13-5-7-14(8-6-13)18(23)12-19(24)22(28)25-20-4-2-3-15-11-16(21(27)26-29)9-10-17(15)20/h5-12,20,23,29H,2-4,24H2,1H3,(H,25,28)(H,26,27)/b19-12-,23-18?. The predicted molar refractivity (Wildman–Crippen MR) is 110 cm³/mol. The monoisotopic (exact) mass is 392 g/mol. The molecular weight excluding hydrogens is 368 g/mol. The van der Waals surface area contributed by atoms with Crippen molar-refractivity contribution in [3.8, 4) is 0 Å². The number of carbonyl (C=O) groups is 2. The summed E-state index contributed by atoms with van der Waals surface area (Å²) in [5.41, 5.74) is 11.7. The van der Waals surface area contributed by atoms with Crippen LogP contribution in [0.4, 0.5) is 0 Å². The summed E-state index contributed by atoms with van der Waals surface area (Å²) in [4.78, 5) is 24.2. The third kappa shape index (κ3) is 4.70. The number of rotatable bonds is 5. The van der Waals surface area contributed by atoms with Gasteiger partial charge in [0, 0.05) is 5.56 Å². The van der Waals surface area contributed by atoms with Gasteiger partial charge in [0.05, 0.1) is 17.5 Å². The lowest BCUT2D eigenvalue weighted by Gasteiger charge is -2.27. The maximum atomic E-state index is 12.6. The minimum Gasteiger partial charge on any atom is -0.394 e. The van der Waals surface area contributed by atoms with E-state index in [-0.39, 0.29) is 17.5 Å². The molecule has 2 aromatic rings. The molecule has 2 amide bonds. The Morgan fingerprint density at radius 2 is 1.86 bits per heavy atom. The Labute approximate surface area is 169 Å². The molecule has 0 aliphatic heterocycles. The summed E-state index contributed by atoms with van der Waals surface area (Å²) in [5, 5.41) is 19.9. The number of amides is 2. The highest BCUT2D eigenvalue weighted by Crippen LogP contribution is 2.30. The fourth-order valence-electron chi connectivity index (χ4n) is 3.45. The second-order valence-electron chi connectivity index (χ2n) is 7.15. The van der Waals surface area contributed by atoms with Gasteiger partial charge < -0.3 is 16.5 Å². The number of nitrogens with one attached hydrogen (secondary N) is 3. The van der Waals surface area contributed by atoms with Gasteiger partial charge in [-0.1, -0.05) is 35.9 Å². The highest BCUT2D eigenvalue weighted by atomic mass is 16.5. The minimum absolute atomic E-state index is 0.0287. The molecule has 0 radical (unpaired) electrons. The van der Waals surface area contributed by atoms with Crippen molar-refractivity contribution in [1.82, 2.24) is 10.8 Å². The Kier molecular flexibility index (Phi) is 6.09. The topological polar surface area (TPSA) is 128 Å². The molecule has 2 aromatic carbocycles. The lowest BCUT2D eigenvalue weighted by Crippen LogP contribution is -2.34.